The van der Waals surface area contributed by atoms with Crippen molar-refractivity contribution in [2.45, 2.75) is 31.8 Å². The Morgan fingerprint density at radius 1 is 1.37 bits per heavy atom. The van der Waals surface area contributed by atoms with Crippen molar-refractivity contribution < 1.29 is 14.6 Å². The Morgan fingerprint density at radius 2 is 2.05 bits per heavy atom. The Bertz CT molecular complexity index is 429. The zero-order valence-electron chi connectivity index (χ0n) is 11.3. The third-order valence-electron chi connectivity index (χ3n) is 3.50. The molecule has 0 bridgehead atoms. The molecular formula is C15H21NO3. The average molecular weight is 263 g/mol. The lowest BCUT2D eigenvalue weighted by Gasteiger charge is -2.22. The van der Waals surface area contributed by atoms with Crippen LogP contribution in [0, 0.1) is 0 Å². The van der Waals surface area contributed by atoms with E-state index in [9.17, 15) is 4.79 Å². The number of ether oxygens (including phenoxy) is 1. The molecule has 1 fully saturated rings. The number of aliphatic hydroxyl groups excluding tert-OH is 1. The summed E-state index contributed by atoms with van der Waals surface area (Å²) in [6, 6.07) is 8.54. The van der Waals surface area contributed by atoms with E-state index in [1.54, 1.807) is 0 Å². The maximum Gasteiger partial charge on any atom is 0.309 e. The van der Waals surface area contributed by atoms with Gasteiger partial charge in [-0.15, -0.1) is 0 Å². The number of methoxy groups -OCH3 is 1. The van der Waals surface area contributed by atoms with Crippen molar-refractivity contribution in [2.75, 3.05) is 20.3 Å². The van der Waals surface area contributed by atoms with Crippen molar-refractivity contribution >= 4 is 5.97 Å². The summed E-state index contributed by atoms with van der Waals surface area (Å²) in [5.41, 5.74) is 2.16. The van der Waals surface area contributed by atoms with Gasteiger partial charge < -0.3 is 9.84 Å². The lowest BCUT2D eigenvalue weighted by atomic mass is 10.0. The van der Waals surface area contributed by atoms with Crippen molar-refractivity contribution in [1.29, 1.82) is 0 Å². The first-order valence-electron chi connectivity index (χ1n) is 6.73. The summed E-state index contributed by atoms with van der Waals surface area (Å²) in [5.74, 6) is -0.215. The Morgan fingerprint density at radius 3 is 2.63 bits per heavy atom. The van der Waals surface area contributed by atoms with Crippen LogP contribution in [0.25, 0.3) is 0 Å². The molecule has 0 heterocycles. The summed E-state index contributed by atoms with van der Waals surface area (Å²) >= 11 is 0. The second-order valence-corrected chi connectivity index (χ2v) is 4.95. The van der Waals surface area contributed by atoms with Gasteiger partial charge in [0.05, 0.1) is 20.1 Å². The maximum atomic E-state index is 11.4. The molecule has 1 aromatic rings. The third-order valence-corrected chi connectivity index (χ3v) is 3.50. The van der Waals surface area contributed by atoms with Crippen LogP contribution in [0.15, 0.2) is 24.3 Å². The average Bonchev–Trinajstić information content (AvgIpc) is 3.24. The van der Waals surface area contributed by atoms with Gasteiger partial charge in [-0.05, 0) is 24.0 Å². The van der Waals surface area contributed by atoms with E-state index in [-0.39, 0.29) is 12.6 Å². The summed E-state index contributed by atoms with van der Waals surface area (Å²) in [6.45, 7) is 1.66. The van der Waals surface area contributed by atoms with Gasteiger partial charge in [0.2, 0.25) is 0 Å². The number of carbonyl (C=O) groups excluding carboxylic acids is 1. The first-order chi connectivity index (χ1) is 9.24. The van der Waals surface area contributed by atoms with Gasteiger partial charge in [0, 0.05) is 19.1 Å². The molecule has 0 unspecified atom stereocenters. The van der Waals surface area contributed by atoms with Crippen LogP contribution in [0.3, 0.4) is 0 Å². The lowest BCUT2D eigenvalue weighted by Crippen LogP contribution is -2.29. The minimum absolute atomic E-state index is 0.176. The van der Waals surface area contributed by atoms with Crippen molar-refractivity contribution in [2.24, 2.45) is 0 Å². The van der Waals surface area contributed by atoms with Crippen LogP contribution >= 0.6 is 0 Å². The minimum Gasteiger partial charge on any atom is -0.469 e. The van der Waals surface area contributed by atoms with Gasteiger partial charge >= 0.3 is 5.97 Å². The number of carbonyl (C=O) groups is 1. The van der Waals surface area contributed by atoms with Gasteiger partial charge in [0.15, 0.2) is 0 Å². The van der Waals surface area contributed by atoms with Gasteiger partial charge in [0.25, 0.3) is 0 Å². The molecule has 4 heteroatoms. The molecule has 0 aliphatic heterocycles. The molecule has 1 aromatic carbocycles. The quantitative estimate of drug-likeness (QED) is 0.755. The zero-order chi connectivity index (χ0) is 13.7. The molecule has 0 spiro atoms. The van der Waals surface area contributed by atoms with E-state index >= 15 is 0 Å². The highest BCUT2D eigenvalue weighted by Gasteiger charge is 2.28. The summed E-state index contributed by atoms with van der Waals surface area (Å²) in [6.07, 6.45) is 2.72. The number of esters is 1. The molecule has 1 N–H and O–H groups in total. The fourth-order valence-electron chi connectivity index (χ4n) is 2.29. The standard InChI is InChI=1S/C15H21NO3/c1-19-15(18)10-12-4-2-3-5-13(12)11-16(8-9-17)14-6-7-14/h2-5,14,17H,6-11H2,1H3. The highest BCUT2D eigenvalue weighted by molar-refractivity contribution is 5.72. The molecule has 0 radical (unpaired) electrons. The van der Waals surface area contributed by atoms with Crippen molar-refractivity contribution in [3.8, 4) is 0 Å². The smallest absolute Gasteiger partial charge is 0.309 e. The molecule has 104 valence electrons. The van der Waals surface area contributed by atoms with Crippen LogP contribution in [-0.4, -0.2) is 42.3 Å². The van der Waals surface area contributed by atoms with Gasteiger partial charge in [-0.3, -0.25) is 9.69 Å². The molecule has 2 rings (SSSR count). The zero-order valence-corrected chi connectivity index (χ0v) is 11.3. The lowest BCUT2D eigenvalue weighted by molar-refractivity contribution is -0.139. The Kier molecular flexibility index (Phi) is 4.93. The fraction of sp³-hybridized carbons (Fsp3) is 0.533. The van der Waals surface area contributed by atoms with Crippen LogP contribution < -0.4 is 0 Å². The second kappa shape index (κ2) is 6.68. The first-order valence-corrected chi connectivity index (χ1v) is 6.73. The maximum absolute atomic E-state index is 11.4. The molecular weight excluding hydrogens is 242 g/mol. The Balaban J connectivity index is 2.07. The van der Waals surface area contributed by atoms with Crippen LogP contribution in [0.1, 0.15) is 24.0 Å². The SMILES string of the molecule is COC(=O)Cc1ccccc1CN(CCO)C1CC1. The summed E-state index contributed by atoms with van der Waals surface area (Å²) in [7, 11) is 1.41. The molecule has 4 nitrogen and oxygen atoms in total. The highest BCUT2D eigenvalue weighted by atomic mass is 16.5. The second-order valence-electron chi connectivity index (χ2n) is 4.95. The van der Waals surface area contributed by atoms with E-state index in [4.69, 9.17) is 9.84 Å². The van der Waals surface area contributed by atoms with Crippen molar-refractivity contribution in [3.05, 3.63) is 35.4 Å². The first kappa shape index (κ1) is 14.0. The van der Waals surface area contributed by atoms with E-state index in [0.717, 1.165) is 17.7 Å². The van der Waals surface area contributed by atoms with E-state index in [1.807, 2.05) is 24.3 Å². The van der Waals surface area contributed by atoms with Gasteiger partial charge in [-0.25, -0.2) is 0 Å². The summed E-state index contributed by atoms with van der Waals surface area (Å²) < 4.78 is 4.73. The van der Waals surface area contributed by atoms with Crippen LogP contribution in [0.4, 0.5) is 0 Å². The minimum atomic E-state index is -0.215. The predicted molar refractivity (Wildman–Crippen MR) is 72.7 cm³/mol. The van der Waals surface area contributed by atoms with E-state index < -0.39 is 0 Å². The Labute approximate surface area is 114 Å². The number of benzene rings is 1. The summed E-state index contributed by atoms with van der Waals surface area (Å²) in [4.78, 5) is 13.7. The monoisotopic (exact) mass is 263 g/mol. The highest BCUT2D eigenvalue weighted by Crippen LogP contribution is 2.28. The molecule has 1 aliphatic rings. The molecule has 0 amide bonds. The molecule has 19 heavy (non-hydrogen) atoms. The molecule has 0 saturated heterocycles. The van der Waals surface area contributed by atoms with Crippen molar-refractivity contribution in [3.63, 3.8) is 0 Å². The van der Waals surface area contributed by atoms with Gasteiger partial charge in [-0.1, -0.05) is 24.3 Å². The number of hydrogen-bond acceptors (Lipinski definition) is 4. The van der Waals surface area contributed by atoms with E-state index in [2.05, 4.69) is 4.90 Å². The number of rotatable bonds is 7. The van der Waals surface area contributed by atoms with Crippen molar-refractivity contribution in [1.82, 2.24) is 4.90 Å². The fourth-order valence-corrected chi connectivity index (χ4v) is 2.29. The van der Waals surface area contributed by atoms with Crippen LogP contribution in [0.5, 0.6) is 0 Å². The molecule has 1 aliphatic carbocycles. The van der Waals surface area contributed by atoms with Gasteiger partial charge in [-0.2, -0.15) is 0 Å². The van der Waals surface area contributed by atoms with E-state index in [0.29, 0.717) is 19.0 Å². The van der Waals surface area contributed by atoms with Crippen LogP contribution in [0.2, 0.25) is 0 Å². The number of hydrogen-bond donors (Lipinski definition) is 1. The normalized spacial score (nSPS) is 14.7. The number of nitrogens with zero attached hydrogens (tertiary/aromatic N) is 1. The third kappa shape index (κ3) is 4.04. The Hall–Kier alpha value is -1.39. The predicted octanol–water partition coefficient (Wildman–Crippen LogP) is 1.36. The molecule has 0 atom stereocenters. The topological polar surface area (TPSA) is 49.8 Å². The summed E-state index contributed by atoms with van der Waals surface area (Å²) in [5, 5.41) is 9.13. The molecule has 1 saturated carbocycles. The number of aliphatic hydroxyl groups is 1. The largest absolute Gasteiger partial charge is 0.469 e. The van der Waals surface area contributed by atoms with Crippen LogP contribution in [-0.2, 0) is 22.5 Å². The van der Waals surface area contributed by atoms with E-state index in [1.165, 1.54) is 20.0 Å². The van der Waals surface area contributed by atoms with Gasteiger partial charge in [0.1, 0.15) is 0 Å². The molecule has 0 aromatic heterocycles.